The Morgan fingerprint density at radius 1 is 1.45 bits per heavy atom. The van der Waals surface area contributed by atoms with Crippen LogP contribution in [0.2, 0.25) is 0 Å². The van der Waals surface area contributed by atoms with Crippen LogP contribution in [-0.4, -0.2) is 45.7 Å². The van der Waals surface area contributed by atoms with Crippen molar-refractivity contribution in [2.45, 2.75) is 70.4 Å². The van der Waals surface area contributed by atoms with Gasteiger partial charge < -0.3 is 20.1 Å². The maximum Gasteiger partial charge on any atom is 0.311 e. The summed E-state index contributed by atoms with van der Waals surface area (Å²) in [4.78, 5) is 11.9. The molecule has 1 heterocycles. The van der Waals surface area contributed by atoms with E-state index in [-0.39, 0.29) is 0 Å². The second-order valence-corrected chi connectivity index (χ2v) is 5.61. The molecule has 3 N–H and O–H groups in total. The number of esters is 1. The summed E-state index contributed by atoms with van der Waals surface area (Å²) in [5.74, 6) is -1.14. The lowest BCUT2D eigenvalue weighted by atomic mass is 9.98. The molecule has 5 nitrogen and oxygen atoms in total. The van der Waals surface area contributed by atoms with Crippen molar-refractivity contribution in [2.24, 2.45) is 5.92 Å². The third kappa shape index (κ3) is 5.61. The van der Waals surface area contributed by atoms with Gasteiger partial charge in [-0.15, -0.1) is 0 Å². The first-order valence-corrected chi connectivity index (χ1v) is 7.33. The summed E-state index contributed by atoms with van der Waals surface area (Å²) in [6.07, 6.45) is 3.77. The molecule has 0 aromatic heterocycles. The number of rotatable bonds is 4. The van der Waals surface area contributed by atoms with Crippen LogP contribution in [0.3, 0.4) is 0 Å². The van der Waals surface area contributed by atoms with E-state index >= 15 is 0 Å². The van der Waals surface area contributed by atoms with Crippen molar-refractivity contribution in [1.29, 1.82) is 0 Å². The summed E-state index contributed by atoms with van der Waals surface area (Å²) in [5, 5.41) is 29.1. The van der Waals surface area contributed by atoms with Gasteiger partial charge in [-0.3, -0.25) is 4.79 Å². The van der Waals surface area contributed by atoms with E-state index in [1.165, 1.54) is 0 Å². The Morgan fingerprint density at radius 3 is 2.80 bits per heavy atom. The zero-order valence-electron chi connectivity index (χ0n) is 12.2. The predicted molar refractivity (Wildman–Crippen MR) is 75.0 cm³/mol. The van der Waals surface area contributed by atoms with Crippen molar-refractivity contribution in [1.82, 2.24) is 0 Å². The molecule has 0 spiro atoms. The predicted octanol–water partition coefficient (Wildman–Crippen LogP) is 1.16. The van der Waals surface area contributed by atoms with Gasteiger partial charge in [-0.2, -0.15) is 0 Å². The molecule has 0 fully saturated rings. The highest BCUT2D eigenvalue weighted by molar-refractivity contribution is 5.73. The van der Waals surface area contributed by atoms with Crippen molar-refractivity contribution in [3.63, 3.8) is 0 Å². The lowest BCUT2D eigenvalue weighted by molar-refractivity contribution is -0.163. The lowest BCUT2D eigenvalue weighted by Crippen LogP contribution is -2.36. The van der Waals surface area contributed by atoms with E-state index in [4.69, 9.17) is 4.74 Å². The van der Waals surface area contributed by atoms with Crippen LogP contribution in [0.1, 0.15) is 46.0 Å². The molecule has 0 bridgehead atoms. The molecule has 0 saturated heterocycles. The summed E-state index contributed by atoms with van der Waals surface area (Å²) in [7, 11) is 0. The zero-order valence-corrected chi connectivity index (χ0v) is 12.2. The van der Waals surface area contributed by atoms with E-state index in [1.54, 1.807) is 26.0 Å². The van der Waals surface area contributed by atoms with E-state index in [1.807, 2.05) is 0 Å². The SMILES string of the molecule is CC(O)CCCC1OC(=O)C(C)C(O)C=CCCC1O. The van der Waals surface area contributed by atoms with Crippen LogP contribution in [0.25, 0.3) is 0 Å². The molecular formula is C15H26O5. The van der Waals surface area contributed by atoms with Crippen LogP contribution in [0.15, 0.2) is 12.2 Å². The van der Waals surface area contributed by atoms with Crippen LogP contribution >= 0.6 is 0 Å². The fourth-order valence-corrected chi connectivity index (χ4v) is 2.20. The Labute approximate surface area is 120 Å². The molecule has 0 aromatic carbocycles. The number of cyclic esters (lactones) is 1. The molecule has 0 saturated carbocycles. The number of hydrogen-bond acceptors (Lipinski definition) is 5. The van der Waals surface area contributed by atoms with Gasteiger partial charge in [0.25, 0.3) is 0 Å². The topological polar surface area (TPSA) is 87.0 Å². The Hall–Kier alpha value is -0.910. The van der Waals surface area contributed by atoms with Crippen LogP contribution < -0.4 is 0 Å². The van der Waals surface area contributed by atoms with E-state index in [2.05, 4.69) is 0 Å². The Morgan fingerprint density at radius 2 is 2.15 bits per heavy atom. The van der Waals surface area contributed by atoms with Crippen molar-refractivity contribution in [3.05, 3.63) is 12.2 Å². The lowest BCUT2D eigenvalue weighted by Gasteiger charge is -2.26. The minimum Gasteiger partial charge on any atom is -0.459 e. The smallest absolute Gasteiger partial charge is 0.311 e. The normalized spacial score (nSPS) is 33.5. The number of ether oxygens (including phenoxy) is 1. The molecule has 20 heavy (non-hydrogen) atoms. The number of aliphatic hydroxyl groups is 3. The second-order valence-electron chi connectivity index (χ2n) is 5.61. The zero-order chi connectivity index (χ0) is 15.1. The first kappa shape index (κ1) is 17.1. The van der Waals surface area contributed by atoms with Crippen molar-refractivity contribution in [3.8, 4) is 0 Å². The number of allylic oxidation sites excluding steroid dienone is 1. The molecule has 5 atom stereocenters. The second kappa shape index (κ2) is 8.39. The number of carbonyl (C=O) groups is 1. The van der Waals surface area contributed by atoms with Crippen molar-refractivity contribution >= 4 is 5.97 Å². The highest BCUT2D eigenvalue weighted by Gasteiger charge is 2.29. The summed E-state index contributed by atoms with van der Waals surface area (Å²) in [5.41, 5.74) is 0. The molecule has 5 heteroatoms. The monoisotopic (exact) mass is 286 g/mol. The van der Waals surface area contributed by atoms with Gasteiger partial charge in [-0.1, -0.05) is 12.2 Å². The Bertz CT molecular complexity index is 326. The van der Waals surface area contributed by atoms with Gasteiger partial charge in [0.1, 0.15) is 6.10 Å². The molecule has 0 aliphatic carbocycles. The first-order chi connectivity index (χ1) is 9.41. The largest absolute Gasteiger partial charge is 0.459 e. The van der Waals surface area contributed by atoms with Gasteiger partial charge in [0.15, 0.2) is 0 Å². The van der Waals surface area contributed by atoms with Gasteiger partial charge in [0.05, 0.1) is 24.2 Å². The fraction of sp³-hybridized carbons (Fsp3) is 0.800. The van der Waals surface area contributed by atoms with E-state index in [0.29, 0.717) is 32.1 Å². The van der Waals surface area contributed by atoms with Gasteiger partial charge >= 0.3 is 5.97 Å². The van der Waals surface area contributed by atoms with Gasteiger partial charge in [0, 0.05) is 0 Å². The van der Waals surface area contributed by atoms with Gasteiger partial charge in [-0.05, 0) is 46.0 Å². The maximum atomic E-state index is 11.9. The third-order valence-electron chi connectivity index (χ3n) is 3.65. The molecule has 1 rings (SSSR count). The van der Waals surface area contributed by atoms with Crippen molar-refractivity contribution < 1.29 is 24.9 Å². The minimum absolute atomic E-state index is 0.397. The van der Waals surface area contributed by atoms with E-state index in [9.17, 15) is 20.1 Å². The fourth-order valence-electron chi connectivity index (χ4n) is 2.20. The highest BCUT2D eigenvalue weighted by Crippen LogP contribution is 2.19. The van der Waals surface area contributed by atoms with Crippen LogP contribution in [-0.2, 0) is 9.53 Å². The molecular weight excluding hydrogens is 260 g/mol. The summed E-state index contributed by atoms with van der Waals surface area (Å²) in [6, 6.07) is 0. The average Bonchev–Trinajstić information content (AvgIpc) is 2.39. The van der Waals surface area contributed by atoms with Gasteiger partial charge in [-0.25, -0.2) is 0 Å². The number of hydrogen-bond donors (Lipinski definition) is 3. The van der Waals surface area contributed by atoms with Crippen LogP contribution in [0.5, 0.6) is 0 Å². The summed E-state index contributed by atoms with van der Waals surface area (Å²) < 4.78 is 5.34. The average molecular weight is 286 g/mol. The van der Waals surface area contributed by atoms with Crippen LogP contribution in [0, 0.1) is 5.92 Å². The molecule has 0 aromatic rings. The van der Waals surface area contributed by atoms with Gasteiger partial charge in [0.2, 0.25) is 0 Å². The standard InChI is InChI=1S/C15H26O5/c1-10(16)6-5-9-14-13(18)8-4-3-7-12(17)11(2)15(19)20-14/h3,7,10-14,16-18H,4-6,8-9H2,1-2H3. The molecule has 1 aliphatic rings. The summed E-state index contributed by atoms with van der Waals surface area (Å²) >= 11 is 0. The Balaban J connectivity index is 2.65. The quantitative estimate of drug-likeness (QED) is 0.533. The molecule has 116 valence electrons. The third-order valence-corrected chi connectivity index (χ3v) is 3.65. The van der Waals surface area contributed by atoms with Crippen LogP contribution in [0.4, 0.5) is 0 Å². The molecule has 5 unspecified atom stereocenters. The molecule has 0 amide bonds. The minimum atomic E-state index is -0.851. The summed E-state index contributed by atoms with van der Waals surface area (Å²) in [6.45, 7) is 3.32. The maximum absolute atomic E-state index is 11.9. The molecule has 0 radical (unpaired) electrons. The number of carbonyl (C=O) groups excluding carboxylic acids is 1. The Kier molecular flexibility index (Phi) is 7.19. The first-order valence-electron chi connectivity index (χ1n) is 7.33. The van der Waals surface area contributed by atoms with E-state index < -0.39 is 36.3 Å². The highest BCUT2D eigenvalue weighted by atomic mass is 16.6. The van der Waals surface area contributed by atoms with Crippen molar-refractivity contribution in [2.75, 3.05) is 0 Å². The molecule has 1 aliphatic heterocycles. The number of aliphatic hydroxyl groups excluding tert-OH is 3. The van der Waals surface area contributed by atoms with E-state index in [0.717, 1.165) is 0 Å².